The summed E-state index contributed by atoms with van der Waals surface area (Å²) in [6, 6.07) is 0. The van der Waals surface area contributed by atoms with Crippen molar-refractivity contribution in [3.8, 4) is 0 Å². The summed E-state index contributed by atoms with van der Waals surface area (Å²) in [7, 11) is 1.78. The molecule has 3 N–H and O–H groups in total. The number of carbonyl (C=O) groups is 1. The number of aromatic nitrogens is 4. The van der Waals surface area contributed by atoms with E-state index in [0.717, 1.165) is 23.8 Å². The molecule has 0 aliphatic heterocycles. The summed E-state index contributed by atoms with van der Waals surface area (Å²) in [6.45, 7) is 1.54. The van der Waals surface area contributed by atoms with E-state index in [0.29, 0.717) is 6.42 Å². The zero-order chi connectivity index (χ0) is 12.9. The molecule has 0 saturated heterocycles. The van der Waals surface area contributed by atoms with Crippen LogP contribution in [-0.2, 0) is 11.8 Å². The second kappa shape index (κ2) is 5.97. The van der Waals surface area contributed by atoms with Crippen molar-refractivity contribution in [3.05, 3.63) is 0 Å². The number of hydrogen-bond donors (Lipinski definition) is 2. The number of thioether (sulfide) groups is 1. The molecule has 1 atom stereocenters. The molecule has 0 amide bonds. The lowest BCUT2D eigenvalue weighted by atomic mass is 9.97. The highest BCUT2D eigenvalue weighted by atomic mass is 32.2. The van der Waals surface area contributed by atoms with E-state index in [1.807, 2.05) is 0 Å². The van der Waals surface area contributed by atoms with Crippen molar-refractivity contribution in [2.75, 3.05) is 5.75 Å². The van der Waals surface area contributed by atoms with Crippen LogP contribution in [0.1, 0.15) is 26.2 Å². The maximum Gasteiger partial charge on any atom is 0.323 e. The quantitative estimate of drug-likeness (QED) is 0.534. The Kier molecular flexibility index (Phi) is 4.88. The molecular formula is C9H17N5O2S. The van der Waals surface area contributed by atoms with Gasteiger partial charge in [-0.2, -0.15) is 0 Å². The number of tetrazole rings is 1. The zero-order valence-electron chi connectivity index (χ0n) is 9.96. The molecule has 8 heteroatoms. The number of unbranched alkanes of at least 4 members (excludes halogenated alkanes) is 1. The lowest BCUT2D eigenvalue weighted by molar-refractivity contribution is -0.142. The number of nitrogens with two attached hydrogens (primary N) is 1. The molecule has 0 fully saturated rings. The van der Waals surface area contributed by atoms with Gasteiger partial charge in [-0.3, -0.25) is 4.79 Å². The Morgan fingerprint density at radius 1 is 1.59 bits per heavy atom. The van der Waals surface area contributed by atoms with E-state index >= 15 is 0 Å². The summed E-state index contributed by atoms with van der Waals surface area (Å²) in [5, 5.41) is 20.7. The molecule has 0 radical (unpaired) electrons. The topological polar surface area (TPSA) is 107 Å². The minimum atomic E-state index is -1.13. The third-order valence-electron chi connectivity index (χ3n) is 2.39. The average Bonchev–Trinajstić information content (AvgIpc) is 2.63. The van der Waals surface area contributed by atoms with E-state index < -0.39 is 11.5 Å². The van der Waals surface area contributed by atoms with E-state index in [-0.39, 0.29) is 0 Å². The number of rotatable bonds is 7. The Labute approximate surface area is 104 Å². The minimum Gasteiger partial charge on any atom is -0.480 e. The van der Waals surface area contributed by atoms with Crippen molar-refractivity contribution in [1.82, 2.24) is 20.2 Å². The van der Waals surface area contributed by atoms with Crippen LogP contribution in [-0.4, -0.2) is 42.6 Å². The molecule has 1 unspecified atom stereocenters. The highest BCUT2D eigenvalue weighted by Gasteiger charge is 2.26. The Morgan fingerprint density at radius 2 is 2.29 bits per heavy atom. The molecule has 0 aliphatic rings. The fraction of sp³-hybridized carbons (Fsp3) is 0.778. The highest BCUT2D eigenvalue weighted by molar-refractivity contribution is 7.99. The third-order valence-corrected chi connectivity index (χ3v) is 3.49. The molecule has 1 aromatic rings. The van der Waals surface area contributed by atoms with Crippen LogP contribution in [0.25, 0.3) is 0 Å². The van der Waals surface area contributed by atoms with E-state index in [1.165, 1.54) is 6.92 Å². The predicted octanol–water partition coefficient (Wildman–Crippen LogP) is 0.274. The molecule has 1 aromatic heterocycles. The Hall–Kier alpha value is -1.15. The minimum absolute atomic E-state index is 0.472. The summed E-state index contributed by atoms with van der Waals surface area (Å²) in [5.74, 6) is -0.105. The van der Waals surface area contributed by atoms with Gasteiger partial charge >= 0.3 is 5.97 Å². The zero-order valence-corrected chi connectivity index (χ0v) is 10.8. The van der Waals surface area contributed by atoms with Crippen molar-refractivity contribution < 1.29 is 9.90 Å². The second-order valence-corrected chi connectivity index (χ2v) is 5.18. The van der Waals surface area contributed by atoms with E-state index in [2.05, 4.69) is 15.5 Å². The first-order valence-electron chi connectivity index (χ1n) is 5.31. The van der Waals surface area contributed by atoms with Crippen LogP contribution in [0.4, 0.5) is 0 Å². The SMILES string of the molecule is Cn1nnnc1SCCCCC(C)(N)C(=O)O. The molecule has 17 heavy (non-hydrogen) atoms. The van der Waals surface area contributed by atoms with Crippen LogP contribution in [0.3, 0.4) is 0 Å². The molecule has 0 spiro atoms. The third kappa shape index (κ3) is 4.31. The number of aryl methyl sites for hydroxylation is 1. The maximum absolute atomic E-state index is 10.8. The fourth-order valence-corrected chi connectivity index (χ4v) is 2.06. The number of aliphatic carboxylic acids is 1. The van der Waals surface area contributed by atoms with Gasteiger partial charge in [0.05, 0.1) is 0 Å². The number of nitrogens with zero attached hydrogens (tertiary/aromatic N) is 4. The predicted molar refractivity (Wildman–Crippen MR) is 63.6 cm³/mol. The van der Waals surface area contributed by atoms with Crippen molar-refractivity contribution in [2.24, 2.45) is 12.8 Å². The van der Waals surface area contributed by atoms with Gasteiger partial charge in [0, 0.05) is 12.8 Å². The molecule has 7 nitrogen and oxygen atoms in total. The van der Waals surface area contributed by atoms with Crippen LogP contribution in [0.2, 0.25) is 0 Å². The van der Waals surface area contributed by atoms with Gasteiger partial charge in [0.2, 0.25) is 5.16 Å². The summed E-state index contributed by atoms with van der Waals surface area (Å²) in [4.78, 5) is 10.8. The first-order chi connectivity index (χ1) is 7.93. The number of hydrogen-bond acceptors (Lipinski definition) is 6. The van der Waals surface area contributed by atoms with Crippen LogP contribution in [0, 0.1) is 0 Å². The molecule has 1 heterocycles. The average molecular weight is 259 g/mol. The number of carboxylic acid groups (broad SMARTS) is 1. The fourth-order valence-electron chi connectivity index (χ4n) is 1.21. The molecule has 0 aliphatic carbocycles. The van der Waals surface area contributed by atoms with Crippen LogP contribution in [0.5, 0.6) is 0 Å². The second-order valence-electron chi connectivity index (χ2n) is 4.11. The van der Waals surface area contributed by atoms with Gasteiger partial charge in [0.15, 0.2) is 0 Å². The van der Waals surface area contributed by atoms with Crippen molar-refractivity contribution in [3.63, 3.8) is 0 Å². The standard InChI is InChI=1S/C9H17N5O2S/c1-9(10,7(15)16)5-3-4-6-17-8-11-12-13-14(8)2/h3-6,10H2,1-2H3,(H,15,16). The Balaban J connectivity index is 2.17. The number of carboxylic acids is 1. The van der Waals surface area contributed by atoms with Crippen LogP contribution >= 0.6 is 11.8 Å². The van der Waals surface area contributed by atoms with Crippen molar-refractivity contribution in [2.45, 2.75) is 36.9 Å². The summed E-state index contributed by atoms with van der Waals surface area (Å²) >= 11 is 1.55. The van der Waals surface area contributed by atoms with Gasteiger partial charge in [-0.1, -0.05) is 18.2 Å². The first kappa shape index (κ1) is 13.9. The monoisotopic (exact) mass is 259 g/mol. The molecule has 0 bridgehead atoms. The molecule has 1 rings (SSSR count). The van der Waals surface area contributed by atoms with Crippen molar-refractivity contribution >= 4 is 17.7 Å². The van der Waals surface area contributed by atoms with Gasteiger partial charge in [-0.05, 0) is 30.2 Å². The van der Waals surface area contributed by atoms with E-state index in [1.54, 1.807) is 23.5 Å². The van der Waals surface area contributed by atoms with E-state index in [4.69, 9.17) is 10.8 Å². The first-order valence-corrected chi connectivity index (χ1v) is 6.29. The molecule has 0 saturated carbocycles. The Bertz CT molecular complexity index is 379. The van der Waals surface area contributed by atoms with Gasteiger partial charge in [0.25, 0.3) is 0 Å². The maximum atomic E-state index is 10.8. The summed E-state index contributed by atoms with van der Waals surface area (Å²) in [5.41, 5.74) is 4.49. The van der Waals surface area contributed by atoms with Gasteiger partial charge in [0.1, 0.15) is 5.54 Å². The largest absolute Gasteiger partial charge is 0.480 e. The molecule has 96 valence electrons. The lowest BCUT2D eigenvalue weighted by Crippen LogP contribution is -2.44. The van der Waals surface area contributed by atoms with Crippen molar-refractivity contribution in [1.29, 1.82) is 0 Å². The normalized spacial score (nSPS) is 14.5. The van der Waals surface area contributed by atoms with Crippen LogP contribution < -0.4 is 5.73 Å². The summed E-state index contributed by atoms with van der Waals surface area (Å²) in [6.07, 6.45) is 2.13. The van der Waals surface area contributed by atoms with E-state index in [9.17, 15) is 4.79 Å². The highest BCUT2D eigenvalue weighted by Crippen LogP contribution is 2.17. The van der Waals surface area contributed by atoms with Gasteiger partial charge in [-0.15, -0.1) is 5.10 Å². The molecular weight excluding hydrogens is 242 g/mol. The smallest absolute Gasteiger partial charge is 0.323 e. The summed E-state index contributed by atoms with van der Waals surface area (Å²) < 4.78 is 1.61. The van der Waals surface area contributed by atoms with Crippen LogP contribution in [0.15, 0.2) is 5.16 Å². The lowest BCUT2D eigenvalue weighted by Gasteiger charge is -2.18. The Morgan fingerprint density at radius 3 is 2.82 bits per heavy atom. The van der Waals surface area contributed by atoms with Gasteiger partial charge < -0.3 is 10.8 Å². The molecule has 0 aromatic carbocycles. The van der Waals surface area contributed by atoms with Gasteiger partial charge in [-0.25, -0.2) is 4.68 Å².